The van der Waals surface area contributed by atoms with Crippen LogP contribution in [0.25, 0.3) is 0 Å². The molecule has 0 aliphatic heterocycles. The van der Waals surface area contributed by atoms with Crippen molar-refractivity contribution in [3.63, 3.8) is 0 Å². The molecule has 0 spiro atoms. The summed E-state index contributed by atoms with van der Waals surface area (Å²) in [4.78, 5) is 0. The maximum absolute atomic E-state index is 9.19. The van der Waals surface area contributed by atoms with E-state index < -0.39 is 6.23 Å². The van der Waals surface area contributed by atoms with Crippen LogP contribution in [0.3, 0.4) is 0 Å². The first-order valence-corrected chi connectivity index (χ1v) is 4.76. The molecule has 0 aromatic heterocycles. The molecule has 0 aliphatic rings. The van der Waals surface area contributed by atoms with Crippen LogP contribution in [0.15, 0.2) is 24.3 Å². The van der Waals surface area contributed by atoms with E-state index in [1.54, 1.807) is 6.92 Å². The van der Waals surface area contributed by atoms with E-state index in [1.807, 2.05) is 18.2 Å². The van der Waals surface area contributed by atoms with Gasteiger partial charge in [0.1, 0.15) is 6.23 Å². The number of benzene rings is 1. The topological polar surface area (TPSA) is 32.3 Å². The Kier molecular flexibility index (Phi) is 3.77. The Bertz CT molecular complexity index is 258. The molecular formula is C11H17NO. The maximum Gasteiger partial charge on any atom is 0.121 e. The first kappa shape index (κ1) is 10.1. The highest BCUT2D eigenvalue weighted by Gasteiger charge is 2.01. The molecule has 0 fully saturated rings. The average Bonchev–Trinajstić information content (AvgIpc) is 2.08. The molecule has 1 aromatic carbocycles. The SMILES string of the molecule is CCCc1ccccc1NC(C)O. The van der Waals surface area contributed by atoms with E-state index >= 15 is 0 Å². The van der Waals surface area contributed by atoms with Gasteiger partial charge in [-0.3, -0.25) is 0 Å². The van der Waals surface area contributed by atoms with Gasteiger partial charge < -0.3 is 10.4 Å². The summed E-state index contributed by atoms with van der Waals surface area (Å²) in [5.41, 5.74) is 2.31. The van der Waals surface area contributed by atoms with Gasteiger partial charge in [-0.2, -0.15) is 0 Å². The average molecular weight is 179 g/mol. The van der Waals surface area contributed by atoms with Gasteiger partial charge >= 0.3 is 0 Å². The van der Waals surface area contributed by atoms with Crippen LogP contribution < -0.4 is 5.32 Å². The minimum Gasteiger partial charge on any atom is -0.374 e. The van der Waals surface area contributed by atoms with E-state index in [4.69, 9.17) is 0 Å². The molecule has 2 heteroatoms. The zero-order valence-electron chi connectivity index (χ0n) is 8.25. The van der Waals surface area contributed by atoms with Gasteiger partial charge in [0, 0.05) is 5.69 Å². The van der Waals surface area contributed by atoms with Crippen molar-refractivity contribution in [2.45, 2.75) is 32.9 Å². The van der Waals surface area contributed by atoms with Crippen LogP contribution in [0, 0.1) is 0 Å². The van der Waals surface area contributed by atoms with Gasteiger partial charge in [0.15, 0.2) is 0 Å². The minimum atomic E-state index is -0.488. The Morgan fingerprint density at radius 1 is 1.38 bits per heavy atom. The van der Waals surface area contributed by atoms with Gasteiger partial charge in [0.25, 0.3) is 0 Å². The van der Waals surface area contributed by atoms with Crippen LogP contribution in [0.4, 0.5) is 5.69 Å². The summed E-state index contributed by atoms with van der Waals surface area (Å²) in [5, 5.41) is 12.2. The molecular weight excluding hydrogens is 162 g/mol. The standard InChI is InChI=1S/C11H17NO/c1-3-6-10-7-4-5-8-11(10)12-9(2)13/h4-5,7-9,12-13H,3,6H2,1-2H3. The van der Waals surface area contributed by atoms with Crippen LogP contribution >= 0.6 is 0 Å². The zero-order chi connectivity index (χ0) is 9.68. The first-order chi connectivity index (χ1) is 6.24. The molecule has 1 unspecified atom stereocenters. The lowest BCUT2D eigenvalue weighted by molar-refractivity contribution is 0.224. The molecule has 1 rings (SSSR count). The van der Waals surface area contributed by atoms with Gasteiger partial charge in [0.2, 0.25) is 0 Å². The Morgan fingerprint density at radius 3 is 2.69 bits per heavy atom. The Balaban J connectivity index is 2.78. The van der Waals surface area contributed by atoms with Crippen molar-refractivity contribution in [3.05, 3.63) is 29.8 Å². The lowest BCUT2D eigenvalue weighted by atomic mass is 10.1. The number of hydrogen-bond acceptors (Lipinski definition) is 2. The molecule has 0 aliphatic carbocycles. The van der Waals surface area contributed by atoms with Crippen molar-refractivity contribution in [2.24, 2.45) is 0 Å². The van der Waals surface area contributed by atoms with Crippen LogP contribution in [-0.2, 0) is 6.42 Å². The van der Waals surface area contributed by atoms with Crippen molar-refractivity contribution >= 4 is 5.69 Å². The third kappa shape index (κ3) is 3.07. The molecule has 13 heavy (non-hydrogen) atoms. The summed E-state index contributed by atoms with van der Waals surface area (Å²) in [5.74, 6) is 0. The van der Waals surface area contributed by atoms with E-state index in [0.717, 1.165) is 18.5 Å². The van der Waals surface area contributed by atoms with Gasteiger partial charge in [-0.05, 0) is 25.0 Å². The molecule has 0 radical (unpaired) electrons. The Labute approximate surface area is 79.6 Å². The van der Waals surface area contributed by atoms with E-state index in [9.17, 15) is 5.11 Å². The highest BCUT2D eigenvalue weighted by molar-refractivity contribution is 5.51. The molecule has 0 saturated carbocycles. The molecule has 2 N–H and O–H groups in total. The predicted molar refractivity (Wildman–Crippen MR) is 55.7 cm³/mol. The second kappa shape index (κ2) is 4.87. The largest absolute Gasteiger partial charge is 0.374 e. The third-order valence-corrected chi connectivity index (χ3v) is 1.90. The molecule has 72 valence electrons. The molecule has 0 amide bonds. The summed E-state index contributed by atoms with van der Waals surface area (Å²) in [6.45, 7) is 3.88. The smallest absolute Gasteiger partial charge is 0.121 e. The lowest BCUT2D eigenvalue weighted by Gasteiger charge is -2.13. The van der Waals surface area contributed by atoms with Crippen LogP contribution in [0.2, 0.25) is 0 Å². The highest BCUT2D eigenvalue weighted by Crippen LogP contribution is 2.16. The summed E-state index contributed by atoms with van der Waals surface area (Å²) in [6, 6.07) is 8.09. The van der Waals surface area contributed by atoms with Gasteiger partial charge in [-0.1, -0.05) is 31.5 Å². The monoisotopic (exact) mass is 179 g/mol. The predicted octanol–water partition coefficient (Wildman–Crippen LogP) is 2.39. The van der Waals surface area contributed by atoms with E-state index in [0.29, 0.717) is 0 Å². The fourth-order valence-electron chi connectivity index (χ4n) is 1.37. The normalized spacial score (nSPS) is 12.5. The number of anilines is 1. The Morgan fingerprint density at radius 2 is 2.08 bits per heavy atom. The number of hydrogen-bond donors (Lipinski definition) is 2. The minimum absolute atomic E-state index is 0.488. The van der Waals surface area contributed by atoms with Crippen LogP contribution in [0.1, 0.15) is 25.8 Å². The van der Waals surface area contributed by atoms with E-state index in [1.165, 1.54) is 5.56 Å². The Hall–Kier alpha value is -1.02. The maximum atomic E-state index is 9.19. The number of rotatable bonds is 4. The van der Waals surface area contributed by atoms with E-state index in [2.05, 4.69) is 18.3 Å². The fourth-order valence-corrected chi connectivity index (χ4v) is 1.37. The van der Waals surface area contributed by atoms with Crippen LogP contribution in [0.5, 0.6) is 0 Å². The number of nitrogens with one attached hydrogen (secondary N) is 1. The van der Waals surface area contributed by atoms with Crippen molar-refractivity contribution in [2.75, 3.05) is 5.32 Å². The second-order valence-electron chi connectivity index (χ2n) is 3.23. The first-order valence-electron chi connectivity index (χ1n) is 4.76. The molecule has 0 heterocycles. The van der Waals surface area contributed by atoms with Gasteiger partial charge in [-0.15, -0.1) is 0 Å². The molecule has 2 nitrogen and oxygen atoms in total. The summed E-state index contributed by atoms with van der Waals surface area (Å²) >= 11 is 0. The van der Waals surface area contributed by atoms with Crippen LogP contribution in [-0.4, -0.2) is 11.3 Å². The number of aliphatic hydroxyl groups excluding tert-OH is 1. The molecule has 1 atom stereocenters. The van der Waals surface area contributed by atoms with E-state index in [-0.39, 0.29) is 0 Å². The van der Waals surface area contributed by atoms with Crippen molar-refractivity contribution in [1.82, 2.24) is 0 Å². The molecule has 0 bridgehead atoms. The fraction of sp³-hybridized carbons (Fsp3) is 0.455. The number of aryl methyl sites for hydroxylation is 1. The third-order valence-electron chi connectivity index (χ3n) is 1.90. The quantitative estimate of drug-likeness (QED) is 0.695. The zero-order valence-corrected chi connectivity index (χ0v) is 8.25. The van der Waals surface area contributed by atoms with Crippen molar-refractivity contribution < 1.29 is 5.11 Å². The number of para-hydroxylation sites is 1. The lowest BCUT2D eigenvalue weighted by Crippen LogP contribution is -2.14. The van der Waals surface area contributed by atoms with Crippen molar-refractivity contribution in [3.8, 4) is 0 Å². The highest BCUT2D eigenvalue weighted by atomic mass is 16.3. The second-order valence-corrected chi connectivity index (χ2v) is 3.23. The number of aliphatic hydroxyl groups is 1. The van der Waals surface area contributed by atoms with Gasteiger partial charge in [0.05, 0.1) is 0 Å². The summed E-state index contributed by atoms with van der Waals surface area (Å²) in [7, 11) is 0. The molecule has 0 saturated heterocycles. The molecule has 1 aromatic rings. The van der Waals surface area contributed by atoms with Gasteiger partial charge in [-0.25, -0.2) is 0 Å². The van der Waals surface area contributed by atoms with Crippen molar-refractivity contribution in [1.29, 1.82) is 0 Å². The summed E-state index contributed by atoms with van der Waals surface area (Å²) < 4.78 is 0. The summed E-state index contributed by atoms with van der Waals surface area (Å²) in [6.07, 6.45) is 1.69.